The lowest BCUT2D eigenvalue weighted by Crippen LogP contribution is -2.39. The molecule has 2 N–H and O–H groups in total. The lowest BCUT2D eigenvalue weighted by Gasteiger charge is -2.12. The lowest BCUT2D eigenvalue weighted by atomic mass is 10.1. The fourth-order valence-corrected chi connectivity index (χ4v) is 2.34. The Morgan fingerprint density at radius 3 is 2.30 bits per heavy atom. The van der Waals surface area contributed by atoms with Crippen LogP contribution in [0.1, 0.15) is 11.3 Å². The number of hydrogen-bond donors (Lipinski definition) is 1. The Morgan fingerprint density at radius 1 is 0.957 bits per heavy atom. The molecular weight excluding hydrogens is 292 g/mol. The van der Waals surface area contributed by atoms with Crippen LogP contribution in [0, 0.1) is 0 Å². The van der Waals surface area contributed by atoms with Crippen molar-refractivity contribution in [2.75, 3.05) is 27.9 Å². The number of methoxy groups -OCH3 is 3. The van der Waals surface area contributed by atoms with Crippen molar-refractivity contribution in [2.45, 2.75) is 6.54 Å². The minimum atomic E-state index is 0.592. The zero-order valence-electron chi connectivity index (χ0n) is 13.8. The molecule has 1 aromatic heterocycles. The number of aromatic nitrogens is 1. The topological polar surface area (TPSA) is 57.6 Å². The van der Waals surface area contributed by atoms with Crippen molar-refractivity contribution < 1.29 is 18.8 Å². The van der Waals surface area contributed by atoms with Gasteiger partial charge in [-0.05, 0) is 18.2 Å². The number of nitrogens with two attached hydrogens (primary N) is 1. The molecular formula is C18H23N2O3+. The second-order valence-corrected chi connectivity index (χ2v) is 4.89. The molecule has 0 amide bonds. The van der Waals surface area contributed by atoms with E-state index in [9.17, 15) is 0 Å². The Hall–Kier alpha value is -2.53. The average molecular weight is 315 g/mol. The van der Waals surface area contributed by atoms with Crippen LogP contribution in [0.5, 0.6) is 17.2 Å². The highest BCUT2D eigenvalue weighted by Gasteiger charge is 2.11. The van der Waals surface area contributed by atoms with Crippen molar-refractivity contribution in [2.24, 2.45) is 5.73 Å². The normalized spacial score (nSPS) is 10.8. The van der Waals surface area contributed by atoms with Gasteiger partial charge in [-0.25, -0.2) is 0 Å². The highest BCUT2D eigenvalue weighted by Crippen LogP contribution is 2.35. The van der Waals surface area contributed by atoms with Gasteiger partial charge in [0.25, 0.3) is 0 Å². The smallest absolute Gasteiger partial charge is 0.205 e. The molecule has 0 unspecified atom stereocenters. The van der Waals surface area contributed by atoms with Gasteiger partial charge in [0.1, 0.15) is 5.75 Å². The summed E-state index contributed by atoms with van der Waals surface area (Å²) in [6.45, 7) is 1.36. The van der Waals surface area contributed by atoms with Gasteiger partial charge in [-0.3, -0.25) is 0 Å². The molecule has 0 spiro atoms. The van der Waals surface area contributed by atoms with Gasteiger partial charge in [0.05, 0.1) is 27.9 Å². The molecule has 5 nitrogen and oxygen atoms in total. The van der Waals surface area contributed by atoms with E-state index in [0.29, 0.717) is 18.0 Å². The monoisotopic (exact) mass is 315 g/mol. The summed E-state index contributed by atoms with van der Waals surface area (Å²) in [4.78, 5) is 0. The maximum atomic E-state index is 5.66. The Bertz CT molecular complexity index is 684. The number of hydrogen-bond acceptors (Lipinski definition) is 4. The molecule has 0 bridgehead atoms. The molecule has 0 radical (unpaired) electrons. The predicted octanol–water partition coefficient (Wildman–Crippen LogP) is 2.13. The van der Waals surface area contributed by atoms with Crippen LogP contribution in [-0.2, 0) is 6.54 Å². The molecule has 0 aliphatic heterocycles. The largest absolute Gasteiger partial charge is 0.496 e. The molecule has 2 aromatic rings. The van der Waals surface area contributed by atoms with E-state index in [1.807, 2.05) is 48.7 Å². The van der Waals surface area contributed by atoms with E-state index < -0.39 is 0 Å². The van der Waals surface area contributed by atoms with Gasteiger partial charge in [0.15, 0.2) is 24.2 Å². The van der Waals surface area contributed by atoms with Crippen molar-refractivity contribution in [3.05, 3.63) is 47.8 Å². The molecule has 0 saturated heterocycles. The maximum absolute atomic E-state index is 5.66. The summed E-state index contributed by atoms with van der Waals surface area (Å²) < 4.78 is 18.2. The molecule has 1 heterocycles. The third-order valence-electron chi connectivity index (χ3n) is 3.52. The highest BCUT2D eigenvalue weighted by molar-refractivity contribution is 5.72. The van der Waals surface area contributed by atoms with E-state index in [2.05, 4.69) is 4.57 Å². The molecule has 0 aliphatic carbocycles. The van der Waals surface area contributed by atoms with Crippen molar-refractivity contribution in [1.29, 1.82) is 0 Å². The maximum Gasteiger partial charge on any atom is 0.205 e. The van der Waals surface area contributed by atoms with Gasteiger partial charge in [-0.1, -0.05) is 0 Å². The molecule has 122 valence electrons. The summed E-state index contributed by atoms with van der Waals surface area (Å²) in [5.74, 6) is 2.02. The zero-order chi connectivity index (χ0) is 16.7. The van der Waals surface area contributed by atoms with E-state index in [-0.39, 0.29) is 0 Å². The molecule has 23 heavy (non-hydrogen) atoms. The first-order valence-electron chi connectivity index (χ1n) is 7.40. The summed E-state index contributed by atoms with van der Waals surface area (Å²) in [5.41, 5.74) is 7.63. The van der Waals surface area contributed by atoms with Gasteiger partial charge in [0, 0.05) is 29.8 Å². The Morgan fingerprint density at radius 2 is 1.65 bits per heavy atom. The quantitative estimate of drug-likeness (QED) is 0.795. The van der Waals surface area contributed by atoms with Crippen molar-refractivity contribution >= 4 is 12.2 Å². The first-order valence-corrected chi connectivity index (χ1v) is 7.40. The Balaban J connectivity index is 2.39. The Kier molecular flexibility index (Phi) is 6.00. The fourth-order valence-electron chi connectivity index (χ4n) is 2.34. The van der Waals surface area contributed by atoms with E-state index in [1.165, 1.54) is 0 Å². The molecule has 0 fully saturated rings. The number of pyridine rings is 1. The van der Waals surface area contributed by atoms with Gasteiger partial charge >= 0.3 is 0 Å². The summed E-state index contributed by atoms with van der Waals surface area (Å²) >= 11 is 0. The van der Waals surface area contributed by atoms with Crippen molar-refractivity contribution in [3.8, 4) is 17.2 Å². The van der Waals surface area contributed by atoms with Gasteiger partial charge in [-0.2, -0.15) is 4.57 Å². The lowest BCUT2D eigenvalue weighted by molar-refractivity contribution is -0.696. The first kappa shape index (κ1) is 16.8. The SMILES string of the molecule is COc1cc(OC)c(OC)cc1/C=C/c1cccc[n+]1CCN. The summed E-state index contributed by atoms with van der Waals surface area (Å²) in [7, 11) is 4.85. The van der Waals surface area contributed by atoms with Crippen molar-refractivity contribution in [3.63, 3.8) is 0 Å². The van der Waals surface area contributed by atoms with E-state index >= 15 is 0 Å². The van der Waals surface area contributed by atoms with Gasteiger partial charge in [-0.15, -0.1) is 0 Å². The molecule has 2 rings (SSSR count). The number of rotatable bonds is 7. The van der Waals surface area contributed by atoms with Gasteiger partial charge < -0.3 is 19.9 Å². The third-order valence-corrected chi connectivity index (χ3v) is 3.52. The minimum Gasteiger partial charge on any atom is -0.496 e. The van der Waals surface area contributed by atoms with Crippen LogP contribution in [0.2, 0.25) is 0 Å². The molecule has 5 heteroatoms. The third kappa shape index (κ3) is 4.02. The first-order chi connectivity index (χ1) is 11.2. The highest BCUT2D eigenvalue weighted by atomic mass is 16.5. The summed E-state index contributed by atoms with van der Waals surface area (Å²) in [6.07, 6.45) is 6.03. The van der Waals surface area contributed by atoms with Crippen LogP contribution < -0.4 is 24.5 Å². The average Bonchev–Trinajstić information content (AvgIpc) is 2.60. The van der Waals surface area contributed by atoms with Crippen LogP contribution in [0.3, 0.4) is 0 Å². The second-order valence-electron chi connectivity index (χ2n) is 4.89. The van der Waals surface area contributed by atoms with Crippen LogP contribution in [0.4, 0.5) is 0 Å². The second kappa shape index (κ2) is 8.19. The van der Waals surface area contributed by atoms with Gasteiger partial charge in [0.2, 0.25) is 5.69 Å². The van der Waals surface area contributed by atoms with Crippen LogP contribution >= 0.6 is 0 Å². The summed E-state index contributed by atoms with van der Waals surface area (Å²) in [5, 5.41) is 0. The molecule has 1 aromatic carbocycles. The zero-order valence-corrected chi connectivity index (χ0v) is 13.8. The van der Waals surface area contributed by atoms with Crippen LogP contribution in [0.15, 0.2) is 36.5 Å². The van der Waals surface area contributed by atoms with Crippen molar-refractivity contribution in [1.82, 2.24) is 0 Å². The Labute approximate surface area is 136 Å². The number of ether oxygens (including phenoxy) is 3. The van der Waals surface area contributed by atoms with Crippen LogP contribution in [-0.4, -0.2) is 27.9 Å². The molecule has 0 saturated carbocycles. The standard InChI is InChI=1S/C18H23N2O3/c1-21-16-13-18(23-3)17(22-2)12-14(16)7-8-15-6-4-5-10-20(15)11-9-19/h4-8,10,12-13H,9,11,19H2,1-3H3/q+1/b8-7+. The molecule has 0 atom stereocenters. The minimum absolute atomic E-state index is 0.592. The summed E-state index contributed by atoms with van der Waals surface area (Å²) in [6, 6.07) is 9.74. The van der Waals surface area contributed by atoms with E-state index in [4.69, 9.17) is 19.9 Å². The predicted molar refractivity (Wildman–Crippen MR) is 90.7 cm³/mol. The van der Waals surface area contributed by atoms with E-state index in [0.717, 1.165) is 23.6 Å². The fraction of sp³-hybridized carbons (Fsp3) is 0.278. The van der Waals surface area contributed by atoms with E-state index in [1.54, 1.807) is 21.3 Å². The number of benzene rings is 1. The van der Waals surface area contributed by atoms with Crippen LogP contribution in [0.25, 0.3) is 12.2 Å². The molecule has 0 aliphatic rings. The number of nitrogens with zero attached hydrogens (tertiary/aromatic N) is 1.